The van der Waals surface area contributed by atoms with Gasteiger partial charge in [-0.3, -0.25) is 9.59 Å². The highest BCUT2D eigenvalue weighted by atomic mass is 19.1. The molecule has 0 saturated carbocycles. The van der Waals surface area contributed by atoms with Gasteiger partial charge in [-0.1, -0.05) is 36.4 Å². The molecule has 0 spiro atoms. The number of amides is 1. The first-order valence-corrected chi connectivity index (χ1v) is 7.59. The number of carbonyl (C=O) groups excluding carboxylic acids is 2. The van der Waals surface area contributed by atoms with Crippen molar-refractivity contribution in [2.45, 2.75) is 26.2 Å². The molecule has 126 valence electrons. The molecule has 0 aliphatic rings. The summed E-state index contributed by atoms with van der Waals surface area (Å²) in [5.41, 5.74) is 0.724. The number of hydrogen-bond acceptors (Lipinski definition) is 3. The van der Waals surface area contributed by atoms with Gasteiger partial charge in [0.1, 0.15) is 5.82 Å². The van der Waals surface area contributed by atoms with Gasteiger partial charge in [-0.2, -0.15) is 0 Å². The summed E-state index contributed by atoms with van der Waals surface area (Å²) in [5, 5.41) is 2.39. The lowest BCUT2D eigenvalue weighted by atomic mass is 9.85. The third kappa shape index (κ3) is 4.19. The lowest BCUT2D eigenvalue weighted by Crippen LogP contribution is -2.33. The number of esters is 1. The number of benzene rings is 2. The average molecular weight is 329 g/mol. The first-order chi connectivity index (χ1) is 11.3. The fourth-order valence-electron chi connectivity index (χ4n) is 2.19. The van der Waals surface area contributed by atoms with Crippen LogP contribution in [0.1, 0.15) is 25.0 Å². The minimum Gasteiger partial charge on any atom is -0.455 e. The van der Waals surface area contributed by atoms with Gasteiger partial charge in [0.15, 0.2) is 6.61 Å². The molecule has 0 saturated heterocycles. The van der Waals surface area contributed by atoms with E-state index >= 15 is 0 Å². The van der Waals surface area contributed by atoms with Crippen LogP contribution in [-0.2, 0) is 19.7 Å². The van der Waals surface area contributed by atoms with Gasteiger partial charge in [-0.25, -0.2) is 4.39 Å². The van der Waals surface area contributed by atoms with E-state index in [1.165, 1.54) is 12.1 Å². The molecule has 4 nitrogen and oxygen atoms in total. The lowest BCUT2D eigenvalue weighted by molar-refractivity contribution is -0.152. The second kappa shape index (κ2) is 7.25. The first-order valence-electron chi connectivity index (χ1n) is 7.59. The Labute approximate surface area is 140 Å². The Hall–Kier alpha value is -2.69. The number of aryl methyl sites for hydroxylation is 1. The third-order valence-corrected chi connectivity index (χ3v) is 3.74. The van der Waals surface area contributed by atoms with Gasteiger partial charge in [-0.05, 0) is 44.0 Å². The minimum atomic E-state index is -0.878. The van der Waals surface area contributed by atoms with E-state index in [4.69, 9.17) is 4.74 Å². The molecule has 1 N–H and O–H groups in total. The van der Waals surface area contributed by atoms with E-state index in [-0.39, 0.29) is 5.69 Å². The van der Waals surface area contributed by atoms with Crippen LogP contribution in [0, 0.1) is 12.7 Å². The molecule has 2 aromatic carbocycles. The molecular weight excluding hydrogens is 309 g/mol. The molecule has 0 aromatic heterocycles. The molecule has 0 unspecified atom stereocenters. The molecular formula is C19H20FNO3. The van der Waals surface area contributed by atoms with Gasteiger partial charge < -0.3 is 10.1 Å². The first kappa shape index (κ1) is 17.7. The second-order valence-corrected chi connectivity index (χ2v) is 6.10. The van der Waals surface area contributed by atoms with Gasteiger partial charge in [-0.15, -0.1) is 0 Å². The topological polar surface area (TPSA) is 55.4 Å². The zero-order valence-electron chi connectivity index (χ0n) is 13.9. The zero-order valence-corrected chi connectivity index (χ0v) is 13.9. The van der Waals surface area contributed by atoms with E-state index in [0.717, 1.165) is 11.1 Å². The van der Waals surface area contributed by atoms with Crippen LogP contribution >= 0.6 is 0 Å². The Balaban J connectivity index is 1.95. The number of halogens is 1. The normalized spacial score (nSPS) is 11.0. The summed E-state index contributed by atoms with van der Waals surface area (Å²) in [7, 11) is 0. The number of hydrogen-bond donors (Lipinski definition) is 1. The largest absolute Gasteiger partial charge is 0.455 e. The van der Waals surface area contributed by atoms with Gasteiger partial charge in [0, 0.05) is 0 Å². The summed E-state index contributed by atoms with van der Waals surface area (Å²) in [6.45, 7) is 4.73. The maximum Gasteiger partial charge on any atom is 0.316 e. The number of rotatable bonds is 5. The van der Waals surface area contributed by atoms with Crippen LogP contribution in [0.25, 0.3) is 0 Å². The predicted molar refractivity (Wildman–Crippen MR) is 90.2 cm³/mol. The summed E-state index contributed by atoms with van der Waals surface area (Å²) in [6, 6.07) is 13.6. The van der Waals surface area contributed by atoms with E-state index < -0.39 is 29.7 Å². The molecule has 1 amide bonds. The third-order valence-electron chi connectivity index (χ3n) is 3.74. The Morgan fingerprint density at radius 3 is 2.42 bits per heavy atom. The molecule has 0 atom stereocenters. The molecule has 0 bridgehead atoms. The van der Waals surface area contributed by atoms with Crippen molar-refractivity contribution in [3.8, 4) is 0 Å². The summed E-state index contributed by atoms with van der Waals surface area (Å²) in [4.78, 5) is 24.1. The molecule has 0 aliphatic heterocycles. The smallest absolute Gasteiger partial charge is 0.316 e. The van der Waals surface area contributed by atoms with Crippen molar-refractivity contribution >= 4 is 17.6 Å². The number of anilines is 1. The van der Waals surface area contributed by atoms with E-state index in [9.17, 15) is 14.0 Å². The quantitative estimate of drug-likeness (QED) is 0.853. The van der Waals surface area contributed by atoms with Crippen LogP contribution in [0.3, 0.4) is 0 Å². The summed E-state index contributed by atoms with van der Waals surface area (Å²) < 4.78 is 18.8. The molecule has 0 fully saturated rings. The minimum absolute atomic E-state index is 0.0592. The summed E-state index contributed by atoms with van der Waals surface area (Å²) >= 11 is 0. The van der Waals surface area contributed by atoms with Crippen molar-refractivity contribution in [1.29, 1.82) is 0 Å². The monoisotopic (exact) mass is 329 g/mol. The van der Waals surface area contributed by atoms with Crippen LogP contribution in [0.5, 0.6) is 0 Å². The van der Waals surface area contributed by atoms with Crippen molar-refractivity contribution in [3.63, 3.8) is 0 Å². The van der Waals surface area contributed by atoms with Crippen LogP contribution in [0.2, 0.25) is 0 Å². The number of ether oxygens (including phenoxy) is 1. The fourth-order valence-corrected chi connectivity index (χ4v) is 2.19. The van der Waals surface area contributed by atoms with Gasteiger partial charge in [0.05, 0.1) is 11.1 Å². The highest BCUT2D eigenvalue weighted by Crippen LogP contribution is 2.24. The molecule has 24 heavy (non-hydrogen) atoms. The zero-order chi connectivity index (χ0) is 17.7. The van der Waals surface area contributed by atoms with E-state index in [1.807, 2.05) is 30.3 Å². The molecule has 0 radical (unpaired) electrons. The van der Waals surface area contributed by atoms with Crippen LogP contribution in [-0.4, -0.2) is 18.5 Å². The van der Waals surface area contributed by atoms with Gasteiger partial charge >= 0.3 is 5.97 Å². The van der Waals surface area contributed by atoms with Crippen molar-refractivity contribution in [2.75, 3.05) is 11.9 Å². The van der Waals surface area contributed by atoms with E-state index in [0.29, 0.717) is 0 Å². The van der Waals surface area contributed by atoms with Crippen LogP contribution < -0.4 is 5.32 Å². The van der Waals surface area contributed by atoms with E-state index in [1.54, 1.807) is 26.8 Å². The van der Waals surface area contributed by atoms with Gasteiger partial charge in [0.2, 0.25) is 0 Å². The van der Waals surface area contributed by atoms with Crippen molar-refractivity contribution in [1.82, 2.24) is 0 Å². The van der Waals surface area contributed by atoms with E-state index in [2.05, 4.69) is 5.32 Å². The lowest BCUT2D eigenvalue weighted by Gasteiger charge is -2.22. The molecule has 5 heteroatoms. The summed E-state index contributed by atoms with van der Waals surface area (Å²) in [5.74, 6) is -1.64. The Morgan fingerprint density at radius 2 is 1.79 bits per heavy atom. The standard InChI is InChI=1S/C19H20FNO3/c1-13-9-10-16(15(20)11-13)21-17(22)12-24-18(23)19(2,3)14-7-5-4-6-8-14/h4-11H,12H2,1-3H3,(H,21,22). The number of carbonyl (C=O) groups is 2. The maximum absolute atomic E-state index is 13.7. The molecule has 2 aromatic rings. The molecule has 0 aliphatic carbocycles. The Morgan fingerprint density at radius 1 is 1.12 bits per heavy atom. The SMILES string of the molecule is Cc1ccc(NC(=O)COC(=O)C(C)(C)c2ccccc2)c(F)c1. The highest BCUT2D eigenvalue weighted by Gasteiger charge is 2.31. The maximum atomic E-state index is 13.7. The summed E-state index contributed by atoms with van der Waals surface area (Å²) in [6.07, 6.45) is 0. The molecule has 0 heterocycles. The highest BCUT2D eigenvalue weighted by molar-refractivity contribution is 5.93. The van der Waals surface area contributed by atoms with Crippen LogP contribution in [0.4, 0.5) is 10.1 Å². The van der Waals surface area contributed by atoms with Crippen molar-refractivity contribution in [2.24, 2.45) is 0 Å². The predicted octanol–water partition coefficient (Wildman–Crippen LogP) is 3.59. The van der Waals surface area contributed by atoms with Crippen LogP contribution in [0.15, 0.2) is 48.5 Å². The van der Waals surface area contributed by atoms with Crippen molar-refractivity contribution in [3.05, 3.63) is 65.5 Å². The van der Waals surface area contributed by atoms with Crippen molar-refractivity contribution < 1.29 is 18.7 Å². The van der Waals surface area contributed by atoms with Gasteiger partial charge in [0.25, 0.3) is 5.91 Å². The average Bonchev–Trinajstić information content (AvgIpc) is 2.56. The second-order valence-electron chi connectivity index (χ2n) is 6.10. The fraction of sp³-hybridized carbons (Fsp3) is 0.263. The molecule has 2 rings (SSSR count). The Bertz CT molecular complexity index is 742. The number of nitrogens with one attached hydrogen (secondary N) is 1. The Kier molecular flexibility index (Phi) is 5.34.